The summed E-state index contributed by atoms with van der Waals surface area (Å²) in [6.45, 7) is 28.1. The van der Waals surface area contributed by atoms with Crippen molar-refractivity contribution in [2.45, 2.75) is 141 Å². The summed E-state index contributed by atoms with van der Waals surface area (Å²) in [4.78, 5) is 12.7. The van der Waals surface area contributed by atoms with E-state index in [0.717, 1.165) is 0 Å². The number of nitrogens with zero attached hydrogens (tertiary/aromatic N) is 5. The minimum absolute atomic E-state index is 0.0408. The molecule has 3 heterocycles. The Morgan fingerprint density at radius 1 is 0.953 bits per heavy atom. The molecule has 0 aliphatic carbocycles. The fourth-order valence-corrected chi connectivity index (χ4v) is 19.2. The van der Waals surface area contributed by atoms with Crippen molar-refractivity contribution < 1.29 is 13.6 Å². The Hall–Kier alpha value is -1.82. The quantitative estimate of drug-likeness (QED) is 0.169. The highest BCUT2D eigenvalue weighted by molar-refractivity contribution is 6.78. The third-order valence-electron chi connectivity index (χ3n) is 9.70. The molecule has 12 heteroatoms. The highest BCUT2D eigenvalue weighted by Crippen LogP contribution is 2.48. The van der Waals surface area contributed by atoms with Crippen LogP contribution in [0.3, 0.4) is 0 Å². The van der Waals surface area contributed by atoms with Crippen molar-refractivity contribution in [2.24, 2.45) is 0 Å². The summed E-state index contributed by atoms with van der Waals surface area (Å²) >= 11 is 6.00. The zero-order valence-corrected chi connectivity index (χ0v) is 30.9. The minimum Gasteiger partial charge on any atom is -0.413 e. The minimum atomic E-state index is -2.26. The Labute approximate surface area is 266 Å². The molecule has 0 amide bonds. The first-order valence-corrected chi connectivity index (χ1v) is 20.4. The molecule has 1 aliphatic heterocycles. The van der Waals surface area contributed by atoms with Crippen LogP contribution < -0.4 is 5.73 Å². The van der Waals surface area contributed by atoms with Crippen molar-refractivity contribution >= 4 is 34.1 Å². The van der Waals surface area contributed by atoms with Gasteiger partial charge in [-0.1, -0.05) is 83.1 Å². The zero-order chi connectivity index (χ0) is 32.4. The first-order valence-electron chi connectivity index (χ1n) is 15.8. The average molecular weight is 649 g/mol. The molecule has 0 saturated carbocycles. The van der Waals surface area contributed by atoms with E-state index in [0.29, 0.717) is 57.5 Å². The van der Waals surface area contributed by atoms with Gasteiger partial charge in [-0.2, -0.15) is 5.26 Å². The molecule has 9 nitrogen and oxygen atoms in total. The summed E-state index contributed by atoms with van der Waals surface area (Å²) in [5.41, 5.74) is 10.1. The molecular formula is C31H53ClN6O3Si2. The lowest BCUT2D eigenvalue weighted by Gasteiger charge is -2.45. The van der Waals surface area contributed by atoms with Crippen LogP contribution in [0.25, 0.3) is 11.3 Å². The number of nitrogen functional groups attached to an aromatic ring is 1. The molecule has 0 radical (unpaired) electrons. The largest absolute Gasteiger partial charge is 0.413 e. The number of hydrogen-bond acceptors (Lipinski definition) is 8. The van der Waals surface area contributed by atoms with E-state index in [2.05, 4.69) is 104 Å². The summed E-state index contributed by atoms with van der Waals surface area (Å²) in [6.07, 6.45) is 2.87. The lowest BCUT2D eigenvalue weighted by molar-refractivity contribution is -0.0401. The molecule has 2 aromatic heterocycles. The topological polar surface area (TPSA) is 121 Å². The van der Waals surface area contributed by atoms with Gasteiger partial charge in [0.2, 0.25) is 13.6 Å². The number of rotatable bonds is 13. The van der Waals surface area contributed by atoms with Gasteiger partial charge in [0.15, 0.2) is 14.0 Å². The van der Waals surface area contributed by atoms with Crippen LogP contribution in [0.1, 0.15) is 101 Å². The third-order valence-corrected chi connectivity index (χ3v) is 22.1. The molecule has 3 atom stereocenters. The molecule has 1 aliphatic rings. The Balaban J connectivity index is 2.10. The molecule has 0 unspecified atom stereocenters. The molecule has 1 saturated heterocycles. The molecule has 3 rings (SSSR count). The lowest BCUT2D eigenvalue weighted by atomic mass is 10.1. The van der Waals surface area contributed by atoms with E-state index in [1.54, 1.807) is 6.33 Å². The number of nitriles is 1. The van der Waals surface area contributed by atoms with Gasteiger partial charge in [0.05, 0.1) is 30.3 Å². The van der Waals surface area contributed by atoms with Gasteiger partial charge in [0, 0.05) is 12.6 Å². The summed E-state index contributed by atoms with van der Waals surface area (Å²) in [7, 11) is -4.42. The van der Waals surface area contributed by atoms with E-state index in [4.69, 9.17) is 30.9 Å². The van der Waals surface area contributed by atoms with Gasteiger partial charge in [-0.05, 0) is 44.8 Å². The van der Waals surface area contributed by atoms with Gasteiger partial charge in [0.1, 0.15) is 24.2 Å². The Morgan fingerprint density at radius 2 is 1.49 bits per heavy atom. The summed E-state index contributed by atoms with van der Waals surface area (Å²) in [6, 6.07) is 2.19. The van der Waals surface area contributed by atoms with Crippen LogP contribution in [0.4, 0.5) is 5.82 Å². The van der Waals surface area contributed by atoms with Crippen LogP contribution in [-0.4, -0.2) is 55.0 Å². The standard InChI is InChI=1S/C31H53ClN6O3Si2/c1-18(2)42(19(3)4,20(5)6)39-16-27-26(41-43(21(7)8,22(9)10)23(11)12)13-28(40-27)38-17-36-25(14-33)29(38)24-15-35-31(32)37-30(24)34/h15,17-23,26-28H,13,16H2,1-12H3,(H2,34,35,37)/t26-,27+,28+/m0/s1. The highest BCUT2D eigenvalue weighted by atomic mass is 35.5. The smallest absolute Gasteiger partial charge is 0.224 e. The van der Waals surface area contributed by atoms with E-state index in [1.807, 2.05) is 4.57 Å². The van der Waals surface area contributed by atoms with Crippen LogP contribution >= 0.6 is 11.6 Å². The second kappa shape index (κ2) is 14.1. The number of nitrogens with two attached hydrogens (primary N) is 1. The van der Waals surface area contributed by atoms with Crippen molar-refractivity contribution in [2.75, 3.05) is 12.3 Å². The molecule has 1 fully saturated rings. The predicted molar refractivity (Wildman–Crippen MR) is 179 cm³/mol. The predicted octanol–water partition coefficient (Wildman–Crippen LogP) is 8.49. The van der Waals surface area contributed by atoms with Gasteiger partial charge in [-0.25, -0.2) is 15.0 Å². The van der Waals surface area contributed by atoms with Crippen LogP contribution in [0, 0.1) is 11.3 Å². The number of ether oxygens (including phenoxy) is 1. The monoisotopic (exact) mass is 648 g/mol. The van der Waals surface area contributed by atoms with Crippen LogP contribution in [0.15, 0.2) is 12.5 Å². The zero-order valence-electron chi connectivity index (χ0n) is 28.2. The number of hydrogen-bond donors (Lipinski definition) is 1. The molecule has 0 spiro atoms. The van der Waals surface area contributed by atoms with Crippen molar-refractivity contribution in [3.63, 3.8) is 0 Å². The molecule has 43 heavy (non-hydrogen) atoms. The van der Waals surface area contributed by atoms with Crippen LogP contribution in [0.2, 0.25) is 38.5 Å². The van der Waals surface area contributed by atoms with Gasteiger partial charge < -0.3 is 23.9 Å². The number of imidazole rings is 1. The molecule has 240 valence electrons. The Morgan fingerprint density at radius 3 is 1.95 bits per heavy atom. The van der Waals surface area contributed by atoms with Crippen molar-refractivity contribution in [3.8, 4) is 17.3 Å². The molecule has 2 aromatic rings. The van der Waals surface area contributed by atoms with Gasteiger partial charge >= 0.3 is 0 Å². The van der Waals surface area contributed by atoms with E-state index in [1.165, 1.54) is 6.20 Å². The Kier molecular flexibility index (Phi) is 11.7. The Bertz CT molecular complexity index is 1230. The van der Waals surface area contributed by atoms with E-state index < -0.39 is 22.9 Å². The maximum absolute atomic E-state index is 9.94. The van der Waals surface area contributed by atoms with Crippen molar-refractivity contribution in [1.29, 1.82) is 5.26 Å². The fourth-order valence-electron chi connectivity index (χ4n) is 8.02. The average Bonchev–Trinajstić information content (AvgIpc) is 3.50. The third kappa shape index (κ3) is 6.75. The fraction of sp³-hybridized carbons (Fsp3) is 0.742. The van der Waals surface area contributed by atoms with Crippen LogP contribution in [-0.2, 0) is 13.6 Å². The van der Waals surface area contributed by atoms with Gasteiger partial charge in [-0.15, -0.1) is 0 Å². The van der Waals surface area contributed by atoms with E-state index in [-0.39, 0.29) is 29.0 Å². The van der Waals surface area contributed by atoms with Gasteiger partial charge in [-0.3, -0.25) is 0 Å². The van der Waals surface area contributed by atoms with E-state index in [9.17, 15) is 5.26 Å². The molecule has 0 bridgehead atoms. The molecule has 2 N–H and O–H groups in total. The summed E-state index contributed by atoms with van der Waals surface area (Å²) in [5.74, 6) is 0.177. The lowest BCUT2D eigenvalue weighted by Crippen LogP contribution is -2.53. The number of halogens is 1. The number of anilines is 1. The first-order chi connectivity index (χ1) is 20.0. The highest BCUT2D eigenvalue weighted by Gasteiger charge is 2.52. The number of aromatic nitrogens is 4. The van der Waals surface area contributed by atoms with E-state index >= 15 is 0 Å². The SMILES string of the molecule is CC(C)[Si](OC[C@H]1O[C@@H](n2cnc(C#N)c2-c2cnc(Cl)nc2N)C[C@@H]1O[Si](C(C)C)(C(C)C)C(C)C)(C(C)C)C(C)C. The van der Waals surface area contributed by atoms with Gasteiger partial charge in [0.25, 0.3) is 0 Å². The van der Waals surface area contributed by atoms with Crippen LogP contribution in [0.5, 0.6) is 0 Å². The summed E-state index contributed by atoms with van der Waals surface area (Å²) in [5, 5.41) is 9.98. The maximum atomic E-state index is 9.94. The molecular weight excluding hydrogens is 596 g/mol. The second-order valence-corrected chi connectivity index (χ2v) is 25.1. The van der Waals surface area contributed by atoms with Crippen molar-refractivity contribution in [3.05, 3.63) is 23.5 Å². The maximum Gasteiger partial charge on any atom is 0.224 e. The first kappa shape index (κ1) is 35.7. The van der Waals surface area contributed by atoms with Crippen molar-refractivity contribution in [1.82, 2.24) is 19.5 Å². The molecule has 0 aromatic carbocycles. The summed E-state index contributed by atoms with van der Waals surface area (Å²) < 4.78 is 23.2. The second-order valence-electron chi connectivity index (χ2n) is 13.9. The normalized spacial score (nSPS) is 20.0.